The van der Waals surface area contributed by atoms with E-state index in [0.717, 1.165) is 35.5 Å². The summed E-state index contributed by atoms with van der Waals surface area (Å²) in [5.41, 5.74) is 14.9. The maximum atomic E-state index is 9.74. The van der Waals surface area contributed by atoms with Gasteiger partial charge < -0.3 is 36.6 Å². The van der Waals surface area contributed by atoms with Gasteiger partial charge in [0.15, 0.2) is 0 Å². The molecule has 1 fully saturated rings. The highest BCUT2D eigenvalue weighted by Crippen LogP contribution is 2.37. The SMILES string of the molecule is COC1(CO)CCN(c2ccc(CNC[C@H](O)CN)c(CN)c2-c2nn[nH]n2)CC1. The molecule has 0 bridgehead atoms. The highest BCUT2D eigenvalue weighted by Gasteiger charge is 2.35. The number of nitrogens with one attached hydrogen (secondary N) is 2. The topological polar surface area (TPSA) is 171 Å². The molecule has 11 nitrogen and oxygen atoms in total. The van der Waals surface area contributed by atoms with E-state index in [-0.39, 0.29) is 13.2 Å². The highest BCUT2D eigenvalue weighted by molar-refractivity contribution is 5.79. The van der Waals surface area contributed by atoms with Crippen molar-refractivity contribution < 1.29 is 14.9 Å². The van der Waals surface area contributed by atoms with Crippen molar-refractivity contribution in [1.29, 1.82) is 0 Å². The summed E-state index contributed by atoms with van der Waals surface area (Å²) in [5.74, 6) is 0.486. The zero-order valence-corrected chi connectivity index (χ0v) is 17.3. The van der Waals surface area contributed by atoms with E-state index in [1.165, 1.54) is 0 Å². The highest BCUT2D eigenvalue weighted by atomic mass is 16.5. The fourth-order valence-corrected chi connectivity index (χ4v) is 3.90. The average molecular weight is 421 g/mol. The van der Waals surface area contributed by atoms with E-state index in [4.69, 9.17) is 16.2 Å². The van der Waals surface area contributed by atoms with Gasteiger partial charge >= 0.3 is 0 Å². The van der Waals surface area contributed by atoms with Crippen molar-refractivity contribution in [1.82, 2.24) is 25.9 Å². The molecule has 1 aromatic heterocycles. The Morgan fingerprint density at radius 1 is 1.33 bits per heavy atom. The molecule has 1 aromatic carbocycles. The average Bonchev–Trinajstić information content (AvgIpc) is 3.33. The van der Waals surface area contributed by atoms with Crippen LogP contribution in [-0.2, 0) is 17.8 Å². The normalized spacial score (nSPS) is 17.3. The molecule has 0 saturated carbocycles. The van der Waals surface area contributed by atoms with Gasteiger partial charge in [-0.05, 0) is 35.2 Å². The van der Waals surface area contributed by atoms with Crippen LogP contribution in [0.1, 0.15) is 24.0 Å². The van der Waals surface area contributed by atoms with Gasteiger partial charge in [0.1, 0.15) is 0 Å². The summed E-state index contributed by atoms with van der Waals surface area (Å²) in [4.78, 5) is 2.24. The standard InChI is InChI=1S/C19H32N8O3/c1-30-19(12-28)4-6-27(7-5-19)16-3-2-13(10-22-11-14(29)8-20)15(9-21)17(16)18-23-25-26-24-18/h2-3,14,22,28-29H,4-12,20-21H2,1H3,(H,23,24,25,26)/t14-/m1/s1. The van der Waals surface area contributed by atoms with Crippen LogP contribution in [0.4, 0.5) is 5.69 Å². The number of H-pyrrole nitrogens is 1. The van der Waals surface area contributed by atoms with Crippen molar-refractivity contribution in [2.75, 3.05) is 44.8 Å². The number of methoxy groups -OCH3 is 1. The van der Waals surface area contributed by atoms with Crippen LogP contribution < -0.4 is 21.7 Å². The summed E-state index contributed by atoms with van der Waals surface area (Å²) >= 11 is 0. The Morgan fingerprint density at radius 3 is 2.67 bits per heavy atom. The molecule has 0 amide bonds. The lowest BCUT2D eigenvalue weighted by Gasteiger charge is -2.41. The van der Waals surface area contributed by atoms with Crippen molar-refractivity contribution in [3.63, 3.8) is 0 Å². The Morgan fingerprint density at radius 2 is 2.10 bits per heavy atom. The van der Waals surface area contributed by atoms with Crippen molar-refractivity contribution in [2.45, 2.75) is 37.6 Å². The van der Waals surface area contributed by atoms with Crippen molar-refractivity contribution in [3.05, 3.63) is 23.3 Å². The minimum absolute atomic E-state index is 0.00233. The summed E-state index contributed by atoms with van der Waals surface area (Å²) in [6, 6.07) is 4.08. The van der Waals surface area contributed by atoms with Gasteiger partial charge in [-0.1, -0.05) is 6.07 Å². The zero-order chi connectivity index (χ0) is 21.6. The largest absolute Gasteiger partial charge is 0.393 e. The third-order valence-electron chi connectivity index (χ3n) is 5.87. The summed E-state index contributed by atoms with van der Waals surface area (Å²) in [6.07, 6.45) is 0.830. The quantitative estimate of drug-likeness (QED) is 0.272. The maximum absolute atomic E-state index is 9.74. The monoisotopic (exact) mass is 420 g/mol. The third kappa shape index (κ3) is 4.77. The Kier molecular flexibility index (Phi) is 7.69. The van der Waals surface area contributed by atoms with E-state index in [0.29, 0.717) is 38.3 Å². The number of aromatic nitrogens is 4. The van der Waals surface area contributed by atoms with Gasteiger partial charge in [0.05, 0.1) is 23.9 Å². The molecule has 3 rings (SSSR count). The molecule has 8 N–H and O–H groups in total. The zero-order valence-electron chi connectivity index (χ0n) is 17.3. The summed E-state index contributed by atoms with van der Waals surface area (Å²) in [7, 11) is 1.65. The second-order valence-corrected chi connectivity index (χ2v) is 7.59. The number of piperidine rings is 1. The van der Waals surface area contributed by atoms with E-state index in [1.54, 1.807) is 7.11 Å². The Hall–Kier alpha value is -2.15. The van der Waals surface area contributed by atoms with Gasteiger partial charge in [-0.2, -0.15) is 5.21 Å². The molecule has 166 valence electrons. The number of tetrazole rings is 1. The Balaban J connectivity index is 1.90. The molecule has 1 saturated heterocycles. The van der Waals surface area contributed by atoms with Crippen LogP contribution in [0.15, 0.2) is 12.1 Å². The van der Waals surface area contributed by atoms with Gasteiger partial charge in [-0.15, -0.1) is 10.2 Å². The molecule has 0 radical (unpaired) electrons. The summed E-state index contributed by atoms with van der Waals surface area (Å²) in [6.45, 7) is 2.89. The summed E-state index contributed by atoms with van der Waals surface area (Å²) in [5, 5.41) is 37.3. The van der Waals surface area contributed by atoms with Gasteiger partial charge in [-0.3, -0.25) is 0 Å². The molecule has 2 heterocycles. The fraction of sp³-hybridized carbons (Fsp3) is 0.632. The first-order valence-electron chi connectivity index (χ1n) is 10.2. The number of aliphatic hydroxyl groups excluding tert-OH is 2. The lowest BCUT2D eigenvalue weighted by molar-refractivity contribution is -0.0672. The van der Waals surface area contributed by atoms with Gasteiger partial charge in [0, 0.05) is 52.1 Å². The predicted octanol–water partition coefficient (Wildman–Crippen LogP) is -1.29. The van der Waals surface area contributed by atoms with E-state index >= 15 is 0 Å². The number of rotatable bonds is 10. The first-order valence-corrected chi connectivity index (χ1v) is 10.2. The van der Waals surface area contributed by atoms with Crippen LogP contribution in [0.25, 0.3) is 11.4 Å². The van der Waals surface area contributed by atoms with Crippen LogP contribution in [0, 0.1) is 0 Å². The molecule has 11 heteroatoms. The molecular weight excluding hydrogens is 388 g/mol. The first-order chi connectivity index (χ1) is 14.6. The number of ether oxygens (including phenoxy) is 1. The van der Waals surface area contributed by atoms with Crippen molar-refractivity contribution >= 4 is 5.69 Å². The number of nitrogens with zero attached hydrogens (tertiary/aromatic N) is 4. The van der Waals surface area contributed by atoms with Gasteiger partial charge in [0.2, 0.25) is 5.82 Å². The smallest absolute Gasteiger partial charge is 0.207 e. The van der Waals surface area contributed by atoms with Crippen molar-refractivity contribution in [3.8, 4) is 11.4 Å². The molecule has 1 atom stereocenters. The molecule has 0 aliphatic carbocycles. The van der Waals surface area contributed by atoms with Crippen LogP contribution in [0.2, 0.25) is 0 Å². The molecule has 2 aromatic rings. The van der Waals surface area contributed by atoms with Crippen LogP contribution in [0.3, 0.4) is 0 Å². The van der Waals surface area contributed by atoms with Crippen molar-refractivity contribution in [2.24, 2.45) is 11.5 Å². The van der Waals surface area contributed by atoms with Crippen LogP contribution >= 0.6 is 0 Å². The number of hydrogen-bond acceptors (Lipinski definition) is 10. The number of nitrogens with two attached hydrogens (primary N) is 2. The maximum Gasteiger partial charge on any atom is 0.207 e. The summed E-state index contributed by atoms with van der Waals surface area (Å²) < 4.78 is 5.58. The number of anilines is 1. The fourth-order valence-electron chi connectivity index (χ4n) is 3.90. The minimum atomic E-state index is -0.594. The second-order valence-electron chi connectivity index (χ2n) is 7.59. The third-order valence-corrected chi connectivity index (χ3v) is 5.87. The van der Waals surface area contributed by atoms with E-state index in [2.05, 4.69) is 30.8 Å². The molecule has 0 unspecified atom stereocenters. The van der Waals surface area contributed by atoms with E-state index < -0.39 is 11.7 Å². The van der Waals surface area contributed by atoms with Gasteiger partial charge in [0.25, 0.3) is 0 Å². The van der Waals surface area contributed by atoms with E-state index in [9.17, 15) is 10.2 Å². The minimum Gasteiger partial charge on any atom is -0.393 e. The number of hydrogen-bond donors (Lipinski definition) is 6. The second kappa shape index (κ2) is 10.2. The van der Waals surface area contributed by atoms with Gasteiger partial charge in [-0.25, -0.2) is 0 Å². The number of aliphatic hydroxyl groups is 2. The lowest BCUT2D eigenvalue weighted by Crippen LogP contribution is -2.48. The Labute approximate surface area is 175 Å². The molecule has 0 spiro atoms. The molecule has 1 aliphatic heterocycles. The first kappa shape index (κ1) is 22.5. The molecule has 1 aliphatic rings. The van der Waals surface area contributed by atoms with E-state index in [1.807, 2.05) is 12.1 Å². The lowest BCUT2D eigenvalue weighted by atomic mass is 9.90. The molecular formula is C19H32N8O3. The van der Waals surface area contributed by atoms with Crippen LogP contribution in [0.5, 0.6) is 0 Å². The van der Waals surface area contributed by atoms with Crippen LogP contribution in [-0.4, -0.2) is 82.4 Å². The number of aromatic amines is 1. The predicted molar refractivity (Wildman–Crippen MR) is 113 cm³/mol. The Bertz CT molecular complexity index is 787. The number of benzene rings is 1. The molecule has 30 heavy (non-hydrogen) atoms.